The number of carbonyl (C=O) groups is 1. The number of aryl methyl sites for hydroxylation is 1. The van der Waals surface area contributed by atoms with Crippen LogP contribution in [0.1, 0.15) is 16.2 Å². The number of amides is 1. The predicted octanol–water partition coefficient (Wildman–Crippen LogP) is 1.02. The van der Waals surface area contributed by atoms with Crippen molar-refractivity contribution in [3.05, 3.63) is 41.9 Å². The maximum atomic E-state index is 11.1. The van der Waals surface area contributed by atoms with Crippen molar-refractivity contribution in [2.24, 2.45) is 5.73 Å². The molecule has 0 saturated heterocycles. The van der Waals surface area contributed by atoms with Gasteiger partial charge in [0.15, 0.2) is 5.69 Å². The molecule has 6 heteroatoms. The Hall–Kier alpha value is -2.50. The molecule has 0 radical (unpaired) electrons. The highest BCUT2D eigenvalue weighted by atomic mass is 16.1. The van der Waals surface area contributed by atoms with Crippen molar-refractivity contribution in [2.45, 2.75) is 6.92 Å². The zero-order chi connectivity index (χ0) is 12.3. The van der Waals surface area contributed by atoms with Crippen molar-refractivity contribution in [2.75, 3.05) is 5.32 Å². The van der Waals surface area contributed by atoms with Crippen LogP contribution in [0.3, 0.4) is 0 Å². The first-order valence-corrected chi connectivity index (χ1v) is 4.99. The number of carbonyl (C=O) groups excluding carboxylic acids is 1. The van der Waals surface area contributed by atoms with Gasteiger partial charge in [0, 0.05) is 5.69 Å². The fourth-order valence-corrected chi connectivity index (χ4v) is 1.37. The molecule has 2 aromatic heterocycles. The van der Waals surface area contributed by atoms with Crippen molar-refractivity contribution in [1.29, 1.82) is 0 Å². The Morgan fingerprint density at radius 3 is 2.88 bits per heavy atom. The van der Waals surface area contributed by atoms with Crippen molar-refractivity contribution < 1.29 is 4.79 Å². The lowest BCUT2D eigenvalue weighted by Crippen LogP contribution is -2.16. The maximum absolute atomic E-state index is 11.1. The molecule has 86 valence electrons. The normalized spacial score (nSPS) is 9.94. The summed E-state index contributed by atoms with van der Waals surface area (Å²) >= 11 is 0. The Labute approximate surface area is 97.9 Å². The lowest BCUT2D eigenvalue weighted by atomic mass is 10.3. The molecule has 2 rings (SSSR count). The molecule has 0 aromatic carbocycles. The molecule has 0 bridgehead atoms. The zero-order valence-corrected chi connectivity index (χ0v) is 9.21. The van der Waals surface area contributed by atoms with Gasteiger partial charge in [-0.25, -0.2) is 4.98 Å². The van der Waals surface area contributed by atoms with Crippen LogP contribution in [0.4, 0.5) is 11.5 Å². The molecule has 0 fully saturated rings. The lowest BCUT2D eigenvalue weighted by molar-refractivity contribution is 0.0995. The highest BCUT2D eigenvalue weighted by Crippen LogP contribution is 2.16. The van der Waals surface area contributed by atoms with Crippen LogP contribution in [-0.4, -0.2) is 21.1 Å². The van der Waals surface area contributed by atoms with Gasteiger partial charge >= 0.3 is 0 Å². The van der Waals surface area contributed by atoms with Crippen LogP contribution in [0, 0.1) is 6.92 Å². The first-order chi connectivity index (χ1) is 8.16. The van der Waals surface area contributed by atoms with E-state index >= 15 is 0 Å². The summed E-state index contributed by atoms with van der Waals surface area (Å²) in [6.07, 6.45) is 1.48. The topological polar surface area (TPSA) is 93.8 Å². The fourth-order valence-electron chi connectivity index (χ4n) is 1.37. The van der Waals surface area contributed by atoms with E-state index < -0.39 is 5.91 Å². The van der Waals surface area contributed by atoms with Gasteiger partial charge in [0.05, 0.1) is 11.9 Å². The largest absolute Gasteiger partial charge is 0.364 e. The minimum absolute atomic E-state index is 0.0933. The van der Waals surface area contributed by atoms with Gasteiger partial charge in [-0.05, 0) is 25.1 Å². The van der Waals surface area contributed by atoms with Crippen molar-refractivity contribution in [1.82, 2.24) is 15.2 Å². The predicted molar refractivity (Wildman–Crippen MR) is 62.8 cm³/mol. The second-order valence-corrected chi connectivity index (χ2v) is 3.45. The molecule has 6 nitrogen and oxygen atoms in total. The number of nitrogens with two attached hydrogens (primary N) is 1. The van der Waals surface area contributed by atoms with E-state index in [1.807, 2.05) is 19.1 Å². The molecular formula is C11H11N5O. The molecule has 0 aliphatic carbocycles. The molecule has 1 amide bonds. The molecule has 0 unspecified atom stereocenters. The maximum Gasteiger partial charge on any atom is 0.271 e. The summed E-state index contributed by atoms with van der Waals surface area (Å²) in [7, 11) is 0. The van der Waals surface area contributed by atoms with E-state index in [-0.39, 0.29) is 5.69 Å². The van der Waals surface area contributed by atoms with Gasteiger partial charge in [-0.3, -0.25) is 4.79 Å². The summed E-state index contributed by atoms with van der Waals surface area (Å²) in [5, 5.41) is 10.3. The number of hydrogen-bond acceptors (Lipinski definition) is 5. The average molecular weight is 229 g/mol. The second-order valence-electron chi connectivity index (χ2n) is 3.45. The minimum atomic E-state index is -0.631. The number of hydrogen-bond donors (Lipinski definition) is 2. The molecule has 0 saturated carbocycles. The standard InChI is InChI=1S/C11H11N5O/c1-7-3-2-4-9(14-7)15-8-5-6-13-16-10(8)11(12)17/h2-6H,1H3,(H2,12,17)(H,13,14,15). The smallest absolute Gasteiger partial charge is 0.271 e. The number of aromatic nitrogens is 3. The third-order valence-corrected chi connectivity index (χ3v) is 2.11. The van der Waals surface area contributed by atoms with Gasteiger partial charge in [0.1, 0.15) is 5.82 Å². The third kappa shape index (κ3) is 2.54. The summed E-state index contributed by atoms with van der Waals surface area (Å²) in [5.41, 5.74) is 6.65. The highest BCUT2D eigenvalue weighted by molar-refractivity contribution is 5.96. The van der Waals surface area contributed by atoms with E-state index in [4.69, 9.17) is 5.73 Å². The SMILES string of the molecule is Cc1cccc(Nc2ccnnc2C(N)=O)n1. The summed E-state index contributed by atoms with van der Waals surface area (Å²) in [6.45, 7) is 1.88. The molecule has 2 aromatic rings. The molecule has 0 spiro atoms. The summed E-state index contributed by atoms with van der Waals surface area (Å²) in [6, 6.07) is 7.16. The van der Waals surface area contributed by atoms with E-state index in [0.717, 1.165) is 5.69 Å². The van der Waals surface area contributed by atoms with Crippen molar-refractivity contribution in [3.8, 4) is 0 Å². The number of primary amides is 1. The molecular weight excluding hydrogens is 218 g/mol. The van der Waals surface area contributed by atoms with Crippen LogP contribution >= 0.6 is 0 Å². The Kier molecular flexibility index (Phi) is 2.95. The lowest BCUT2D eigenvalue weighted by Gasteiger charge is -2.07. The van der Waals surface area contributed by atoms with Crippen molar-refractivity contribution >= 4 is 17.4 Å². The van der Waals surface area contributed by atoms with Gasteiger partial charge in [-0.15, -0.1) is 5.10 Å². The van der Waals surface area contributed by atoms with E-state index in [1.165, 1.54) is 6.20 Å². The quantitative estimate of drug-likeness (QED) is 0.819. The van der Waals surface area contributed by atoms with Gasteiger partial charge in [-0.1, -0.05) is 6.07 Å². The van der Waals surface area contributed by atoms with Crippen LogP contribution in [0.5, 0.6) is 0 Å². The van der Waals surface area contributed by atoms with Crippen LogP contribution in [-0.2, 0) is 0 Å². The molecule has 0 aliphatic rings. The second kappa shape index (κ2) is 4.56. The summed E-state index contributed by atoms with van der Waals surface area (Å²) < 4.78 is 0. The van der Waals surface area contributed by atoms with Gasteiger partial charge in [0.2, 0.25) is 0 Å². The zero-order valence-electron chi connectivity index (χ0n) is 9.21. The van der Waals surface area contributed by atoms with E-state index in [9.17, 15) is 4.79 Å². The first kappa shape index (κ1) is 11.0. The number of pyridine rings is 1. The van der Waals surface area contributed by atoms with Crippen molar-refractivity contribution in [3.63, 3.8) is 0 Å². The number of nitrogens with zero attached hydrogens (tertiary/aromatic N) is 3. The van der Waals surface area contributed by atoms with Gasteiger partial charge in [-0.2, -0.15) is 5.10 Å². The Morgan fingerprint density at radius 1 is 1.35 bits per heavy atom. The molecule has 17 heavy (non-hydrogen) atoms. The molecule has 2 heterocycles. The number of anilines is 2. The minimum Gasteiger partial charge on any atom is -0.364 e. The van der Waals surface area contributed by atoms with E-state index in [1.54, 1.807) is 12.1 Å². The monoisotopic (exact) mass is 229 g/mol. The van der Waals surface area contributed by atoms with Crippen LogP contribution in [0.2, 0.25) is 0 Å². The fraction of sp³-hybridized carbons (Fsp3) is 0.0909. The third-order valence-electron chi connectivity index (χ3n) is 2.11. The van der Waals surface area contributed by atoms with Gasteiger partial charge in [0.25, 0.3) is 5.91 Å². The molecule has 0 aliphatic heterocycles. The van der Waals surface area contributed by atoms with E-state index in [0.29, 0.717) is 11.5 Å². The van der Waals surface area contributed by atoms with Crippen LogP contribution < -0.4 is 11.1 Å². The number of nitrogens with one attached hydrogen (secondary N) is 1. The Balaban J connectivity index is 2.33. The molecule has 3 N–H and O–H groups in total. The average Bonchev–Trinajstić information content (AvgIpc) is 2.29. The molecule has 0 atom stereocenters. The Morgan fingerprint density at radius 2 is 2.18 bits per heavy atom. The highest BCUT2D eigenvalue weighted by Gasteiger charge is 2.10. The first-order valence-electron chi connectivity index (χ1n) is 4.99. The Bertz CT molecular complexity index is 555. The van der Waals surface area contributed by atoms with E-state index in [2.05, 4.69) is 20.5 Å². The van der Waals surface area contributed by atoms with Crippen LogP contribution in [0.25, 0.3) is 0 Å². The number of rotatable bonds is 3. The van der Waals surface area contributed by atoms with Gasteiger partial charge < -0.3 is 11.1 Å². The summed E-state index contributed by atoms with van der Waals surface area (Å²) in [5.74, 6) is -0.00578. The summed E-state index contributed by atoms with van der Waals surface area (Å²) in [4.78, 5) is 15.4. The van der Waals surface area contributed by atoms with Crippen LogP contribution in [0.15, 0.2) is 30.5 Å².